The van der Waals surface area contributed by atoms with E-state index >= 15 is 0 Å². The predicted molar refractivity (Wildman–Crippen MR) is 69.3 cm³/mol. The fourth-order valence-electron chi connectivity index (χ4n) is 1.77. The van der Waals surface area contributed by atoms with Gasteiger partial charge in [-0.25, -0.2) is 0 Å². The molecule has 1 rings (SSSR count). The standard InChI is InChI=1S/C14H21NO2/c1-5-10(2)9-15(4)14(17)13-7-6-12(16)8-11(13)3/h6-8,10,16H,5,9H2,1-4H3. The maximum absolute atomic E-state index is 12.2. The second-order valence-electron chi connectivity index (χ2n) is 4.70. The predicted octanol–water partition coefficient (Wildman–Crippen LogP) is 2.82. The number of aryl methyl sites for hydroxylation is 1. The first-order chi connectivity index (χ1) is 7.95. The summed E-state index contributed by atoms with van der Waals surface area (Å²) in [6.07, 6.45) is 1.06. The van der Waals surface area contributed by atoms with Crippen LogP contribution in [0.1, 0.15) is 36.2 Å². The van der Waals surface area contributed by atoms with Crippen LogP contribution in [0, 0.1) is 12.8 Å². The summed E-state index contributed by atoms with van der Waals surface area (Å²) in [5.41, 5.74) is 1.47. The summed E-state index contributed by atoms with van der Waals surface area (Å²) in [5.74, 6) is 0.716. The van der Waals surface area contributed by atoms with Crippen molar-refractivity contribution in [3.8, 4) is 5.75 Å². The Morgan fingerprint density at radius 1 is 1.47 bits per heavy atom. The zero-order valence-corrected chi connectivity index (χ0v) is 11.0. The van der Waals surface area contributed by atoms with Crippen LogP contribution in [-0.2, 0) is 0 Å². The van der Waals surface area contributed by atoms with Gasteiger partial charge in [-0.1, -0.05) is 20.3 Å². The quantitative estimate of drug-likeness (QED) is 0.871. The van der Waals surface area contributed by atoms with Gasteiger partial charge >= 0.3 is 0 Å². The SMILES string of the molecule is CCC(C)CN(C)C(=O)c1ccc(O)cc1C. The number of phenols is 1. The number of benzene rings is 1. The van der Waals surface area contributed by atoms with Crippen molar-refractivity contribution in [1.82, 2.24) is 4.90 Å². The van der Waals surface area contributed by atoms with E-state index in [1.165, 1.54) is 0 Å². The molecule has 0 aliphatic rings. The third kappa shape index (κ3) is 3.48. The molecule has 3 nitrogen and oxygen atoms in total. The molecule has 0 bridgehead atoms. The fourth-order valence-corrected chi connectivity index (χ4v) is 1.77. The van der Waals surface area contributed by atoms with E-state index in [0.29, 0.717) is 11.5 Å². The Morgan fingerprint density at radius 2 is 2.12 bits per heavy atom. The average molecular weight is 235 g/mol. The molecule has 1 atom stereocenters. The van der Waals surface area contributed by atoms with Crippen molar-refractivity contribution in [2.75, 3.05) is 13.6 Å². The van der Waals surface area contributed by atoms with Gasteiger partial charge in [-0.05, 0) is 36.6 Å². The Bertz CT molecular complexity index is 401. The summed E-state index contributed by atoms with van der Waals surface area (Å²) in [7, 11) is 1.82. The number of rotatable bonds is 4. The number of hydrogen-bond acceptors (Lipinski definition) is 2. The lowest BCUT2D eigenvalue weighted by atomic mass is 10.1. The molecule has 1 unspecified atom stereocenters. The zero-order chi connectivity index (χ0) is 13.0. The normalized spacial score (nSPS) is 12.2. The van der Waals surface area contributed by atoms with Crippen LogP contribution in [0.3, 0.4) is 0 Å². The highest BCUT2D eigenvalue weighted by atomic mass is 16.3. The highest BCUT2D eigenvalue weighted by Gasteiger charge is 2.15. The first kappa shape index (κ1) is 13.6. The van der Waals surface area contributed by atoms with Crippen molar-refractivity contribution in [3.63, 3.8) is 0 Å². The van der Waals surface area contributed by atoms with Crippen LogP contribution in [0.15, 0.2) is 18.2 Å². The summed E-state index contributed by atoms with van der Waals surface area (Å²) >= 11 is 0. The van der Waals surface area contributed by atoms with Gasteiger partial charge in [0.25, 0.3) is 5.91 Å². The van der Waals surface area contributed by atoms with Crippen molar-refractivity contribution in [1.29, 1.82) is 0 Å². The van der Waals surface area contributed by atoms with Gasteiger partial charge in [-0.2, -0.15) is 0 Å². The third-order valence-electron chi connectivity index (χ3n) is 3.07. The Morgan fingerprint density at radius 3 is 2.65 bits per heavy atom. The molecule has 0 fully saturated rings. The minimum atomic E-state index is 0.0165. The highest BCUT2D eigenvalue weighted by Crippen LogP contribution is 2.17. The zero-order valence-electron chi connectivity index (χ0n) is 11.0. The Kier molecular flexibility index (Phi) is 4.55. The first-order valence-electron chi connectivity index (χ1n) is 6.00. The highest BCUT2D eigenvalue weighted by molar-refractivity contribution is 5.95. The lowest BCUT2D eigenvalue weighted by Gasteiger charge is -2.21. The number of hydrogen-bond donors (Lipinski definition) is 1. The summed E-state index contributed by atoms with van der Waals surface area (Å²) in [5, 5.41) is 9.32. The topological polar surface area (TPSA) is 40.5 Å². The van der Waals surface area contributed by atoms with Crippen LogP contribution in [0.2, 0.25) is 0 Å². The first-order valence-corrected chi connectivity index (χ1v) is 6.00. The second-order valence-corrected chi connectivity index (χ2v) is 4.70. The van der Waals surface area contributed by atoms with Crippen molar-refractivity contribution in [2.45, 2.75) is 27.2 Å². The molecule has 0 spiro atoms. The van der Waals surface area contributed by atoms with Crippen molar-refractivity contribution >= 4 is 5.91 Å². The molecule has 0 aromatic heterocycles. The van der Waals surface area contributed by atoms with Gasteiger partial charge in [-0.3, -0.25) is 4.79 Å². The van der Waals surface area contributed by atoms with Gasteiger partial charge in [0, 0.05) is 19.2 Å². The maximum atomic E-state index is 12.2. The summed E-state index contributed by atoms with van der Waals surface area (Å²) in [6, 6.07) is 4.85. The molecule has 1 aromatic carbocycles. The van der Waals surface area contributed by atoms with Gasteiger partial charge in [0.05, 0.1) is 0 Å². The minimum Gasteiger partial charge on any atom is -0.508 e. The molecule has 0 aliphatic carbocycles. The van der Waals surface area contributed by atoms with E-state index in [1.807, 2.05) is 14.0 Å². The van der Waals surface area contributed by atoms with Gasteiger partial charge in [-0.15, -0.1) is 0 Å². The van der Waals surface area contributed by atoms with Crippen molar-refractivity contribution in [2.24, 2.45) is 5.92 Å². The molecule has 1 amide bonds. The number of aromatic hydroxyl groups is 1. The van der Waals surface area contributed by atoms with E-state index in [9.17, 15) is 9.90 Å². The van der Waals surface area contributed by atoms with Gasteiger partial charge in [0.1, 0.15) is 5.75 Å². The Hall–Kier alpha value is -1.51. The van der Waals surface area contributed by atoms with Crippen LogP contribution in [0.25, 0.3) is 0 Å². The molecule has 1 N–H and O–H groups in total. The number of carbonyl (C=O) groups excluding carboxylic acids is 1. The molecular formula is C14H21NO2. The summed E-state index contributed by atoms with van der Waals surface area (Å²) < 4.78 is 0. The average Bonchev–Trinajstić information content (AvgIpc) is 2.28. The molecule has 0 saturated carbocycles. The van der Waals surface area contributed by atoms with Crippen molar-refractivity contribution in [3.05, 3.63) is 29.3 Å². The number of carbonyl (C=O) groups is 1. The molecule has 1 aromatic rings. The Labute approximate surface area is 103 Å². The Balaban J connectivity index is 2.81. The van der Waals surface area contributed by atoms with E-state index in [1.54, 1.807) is 23.1 Å². The second kappa shape index (κ2) is 5.71. The van der Waals surface area contributed by atoms with Crippen LogP contribution in [0.5, 0.6) is 5.75 Å². The lowest BCUT2D eigenvalue weighted by Crippen LogP contribution is -2.31. The number of nitrogens with zero attached hydrogens (tertiary/aromatic N) is 1. The smallest absolute Gasteiger partial charge is 0.253 e. The molecule has 94 valence electrons. The molecule has 3 heteroatoms. The largest absolute Gasteiger partial charge is 0.508 e. The molecule has 17 heavy (non-hydrogen) atoms. The van der Waals surface area contributed by atoms with E-state index in [0.717, 1.165) is 18.5 Å². The monoisotopic (exact) mass is 235 g/mol. The number of phenolic OH excluding ortho intramolecular Hbond substituents is 1. The van der Waals surface area contributed by atoms with Crippen LogP contribution >= 0.6 is 0 Å². The van der Waals surface area contributed by atoms with Crippen LogP contribution in [0.4, 0.5) is 0 Å². The lowest BCUT2D eigenvalue weighted by molar-refractivity contribution is 0.0774. The molecule has 0 saturated heterocycles. The van der Waals surface area contributed by atoms with Crippen LogP contribution < -0.4 is 0 Å². The van der Waals surface area contributed by atoms with Gasteiger partial charge < -0.3 is 10.0 Å². The van der Waals surface area contributed by atoms with E-state index in [4.69, 9.17) is 0 Å². The molecule has 0 radical (unpaired) electrons. The van der Waals surface area contributed by atoms with Gasteiger partial charge in [0.2, 0.25) is 0 Å². The molecule has 0 heterocycles. The van der Waals surface area contributed by atoms with E-state index < -0.39 is 0 Å². The van der Waals surface area contributed by atoms with E-state index in [2.05, 4.69) is 13.8 Å². The maximum Gasteiger partial charge on any atom is 0.253 e. The minimum absolute atomic E-state index is 0.0165. The third-order valence-corrected chi connectivity index (χ3v) is 3.07. The van der Waals surface area contributed by atoms with Crippen LogP contribution in [-0.4, -0.2) is 29.5 Å². The molecular weight excluding hydrogens is 214 g/mol. The number of amides is 1. The summed E-state index contributed by atoms with van der Waals surface area (Å²) in [6.45, 7) is 6.85. The summed E-state index contributed by atoms with van der Waals surface area (Å²) in [4.78, 5) is 13.9. The van der Waals surface area contributed by atoms with Crippen molar-refractivity contribution < 1.29 is 9.90 Å². The molecule has 0 aliphatic heterocycles. The van der Waals surface area contributed by atoms with E-state index in [-0.39, 0.29) is 11.7 Å². The van der Waals surface area contributed by atoms with Gasteiger partial charge in [0.15, 0.2) is 0 Å². The fraction of sp³-hybridized carbons (Fsp3) is 0.500.